The molecule has 0 saturated heterocycles. The van der Waals surface area contributed by atoms with E-state index < -0.39 is 5.97 Å². The minimum Gasteiger partial charge on any atom is -0.680 e. The van der Waals surface area contributed by atoms with Crippen molar-refractivity contribution in [3.63, 3.8) is 0 Å². The molecule has 2 aliphatic carbocycles. The van der Waals surface area contributed by atoms with Crippen LogP contribution in [0.4, 0.5) is 0 Å². The van der Waals surface area contributed by atoms with E-state index in [0.717, 1.165) is 44.2 Å². The van der Waals surface area contributed by atoms with Crippen molar-refractivity contribution in [3.8, 4) is 0 Å². The Morgan fingerprint density at radius 3 is 2.50 bits per heavy atom. The van der Waals surface area contributed by atoms with Crippen LogP contribution < -0.4 is 0 Å². The largest absolute Gasteiger partial charge is 2.00 e. The van der Waals surface area contributed by atoms with Gasteiger partial charge in [-0.05, 0) is 31.1 Å². The summed E-state index contributed by atoms with van der Waals surface area (Å²) in [4.78, 5) is 28.2. The number of carbonyl (C=O) groups excluding carboxylic acids is 1. The van der Waals surface area contributed by atoms with Gasteiger partial charge in [0, 0.05) is 5.71 Å². The summed E-state index contributed by atoms with van der Waals surface area (Å²) in [5, 5.41) is 17.9. The van der Waals surface area contributed by atoms with Crippen molar-refractivity contribution in [3.05, 3.63) is 34.6 Å². The van der Waals surface area contributed by atoms with Crippen LogP contribution >= 0.6 is 0 Å². The summed E-state index contributed by atoms with van der Waals surface area (Å²) < 4.78 is 0. The van der Waals surface area contributed by atoms with E-state index in [-0.39, 0.29) is 40.9 Å². The minimum absolute atomic E-state index is 0. The van der Waals surface area contributed by atoms with E-state index in [1.807, 2.05) is 12.2 Å². The first kappa shape index (κ1) is 22.7. The van der Waals surface area contributed by atoms with Gasteiger partial charge in [0.15, 0.2) is 0 Å². The van der Waals surface area contributed by atoms with Gasteiger partial charge in [0.05, 0.1) is 5.91 Å². The molecular weight excluding hydrogens is 401 g/mol. The Hall–Kier alpha value is -1.62. The van der Waals surface area contributed by atoms with Gasteiger partial charge < -0.3 is 20.5 Å². The molecule has 0 aromatic rings. The fourth-order valence-electron chi connectivity index (χ4n) is 4.50. The number of carboxylic acids is 1. The Balaban J connectivity index is 0.00000280. The summed E-state index contributed by atoms with van der Waals surface area (Å²) in [5.41, 5.74) is 1.43. The summed E-state index contributed by atoms with van der Waals surface area (Å²) >= 11 is 0. The zero-order chi connectivity index (χ0) is 19.1. The van der Waals surface area contributed by atoms with E-state index in [1.54, 1.807) is 6.08 Å². The third-order valence-corrected chi connectivity index (χ3v) is 5.79. The van der Waals surface area contributed by atoms with Gasteiger partial charge in [0.2, 0.25) is 0 Å². The summed E-state index contributed by atoms with van der Waals surface area (Å²) in [6.45, 7) is 0.336. The maximum absolute atomic E-state index is 12.6. The zero-order valence-electron chi connectivity index (χ0n) is 16.2. The molecule has 1 amide bonds. The maximum Gasteiger partial charge on any atom is 2.00 e. The Morgan fingerprint density at radius 1 is 1.11 bits per heavy atom. The van der Waals surface area contributed by atoms with Gasteiger partial charge in [0.1, 0.15) is 6.54 Å². The normalized spacial score (nSPS) is 25.9. The third kappa shape index (κ3) is 6.20. The number of aliphatic carboxylic acids is 1. The van der Waals surface area contributed by atoms with Crippen LogP contribution in [0.1, 0.15) is 57.8 Å². The topological polar surface area (TPSA) is 94.9 Å². The fourth-order valence-corrected chi connectivity index (χ4v) is 4.50. The second-order valence-corrected chi connectivity index (χ2v) is 7.68. The number of hydrogen-bond acceptors (Lipinski definition) is 3. The number of aliphatic imine (C=N–C) groups is 1. The molecule has 1 heterocycles. The molecule has 2 atom stereocenters. The van der Waals surface area contributed by atoms with Gasteiger partial charge in [-0.25, -0.2) is 0 Å². The van der Waals surface area contributed by atoms with Crippen molar-refractivity contribution in [2.45, 2.75) is 63.8 Å². The van der Waals surface area contributed by atoms with Gasteiger partial charge in [-0.2, -0.15) is 0 Å². The van der Waals surface area contributed by atoms with Crippen molar-refractivity contribution in [2.24, 2.45) is 16.8 Å². The number of allylic oxidation sites excluding steroid dienone is 2. The molecule has 0 aromatic heterocycles. The fraction of sp³-hybridized carbons (Fsp3) is 0.667. The second-order valence-electron chi connectivity index (χ2n) is 7.68. The van der Waals surface area contributed by atoms with E-state index in [1.165, 1.54) is 19.3 Å². The van der Waals surface area contributed by atoms with Crippen molar-refractivity contribution >= 4 is 17.6 Å². The number of rotatable bonds is 6. The monoisotopic (exact) mass is 429 g/mol. The van der Waals surface area contributed by atoms with Crippen LogP contribution in [-0.2, 0) is 26.1 Å². The summed E-state index contributed by atoms with van der Waals surface area (Å²) in [6, 6.07) is -0.109. The number of carboxylic acid groups (broad SMARTS) is 1. The summed E-state index contributed by atoms with van der Waals surface area (Å²) in [5.74, 6) is -0.723. The van der Waals surface area contributed by atoms with Crippen LogP contribution in [0.15, 0.2) is 28.9 Å². The second kappa shape index (κ2) is 11.4. The maximum atomic E-state index is 12.6. The molecule has 2 saturated carbocycles. The minimum atomic E-state index is -0.901. The van der Waals surface area contributed by atoms with Gasteiger partial charge in [0.25, 0.3) is 0 Å². The third-order valence-electron chi connectivity index (χ3n) is 5.79. The molecule has 1 aliphatic heterocycles. The Labute approximate surface area is 177 Å². The quantitative estimate of drug-likeness (QED) is 0.501. The smallest absolute Gasteiger partial charge is 0.680 e. The molecule has 0 aromatic carbocycles. The molecular formula is C21H29N3NiO3. The van der Waals surface area contributed by atoms with Crippen LogP contribution in [-0.4, -0.2) is 41.8 Å². The Morgan fingerprint density at radius 2 is 1.82 bits per heavy atom. The van der Waals surface area contributed by atoms with E-state index in [0.29, 0.717) is 18.2 Å². The molecule has 28 heavy (non-hydrogen) atoms. The van der Waals surface area contributed by atoms with Crippen LogP contribution in [0.3, 0.4) is 0 Å². The number of hydrogen-bond donors (Lipinski definition) is 1. The average Bonchev–Trinajstić information content (AvgIpc) is 2.70. The van der Waals surface area contributed by atoms with Crippen LogP contribution in [0, 0.1) is 11.8 Å². The van der Waals surface area contributed by atoms with Crippen LogP contribution in [0.25, 0.3) is 10.6 Å². The standard InChI is InChI=1S/C21H30N3O3.Ni/c25-19(26)14-23-20(15-8-2-1-3-9-15)16-10-4-5-11-17(16)24-21(27)18-12-6-7-13-22-18;/h6-7,12,15-17H,1-5,8-11,13-14H2,(H2,24,25,26,27);/q-1;+2/p-1. The van der Waals surface area contributed by atoms with Crippen LogP contribution in [0.2, 0.25) is 0 Å². The summed E-state index contributed by atoms with van der Waals surface area (Å²) in [6.07, 6.45) is 15.1. The van der Waals surface area contributed by atoms with Crippen molar-refractivity contribution in [1.82, 2.24) is 0 Å². The SMILES string of the molecule is O=C(O)CN=C(C1CCCCC1)C1CCCCC1[N-]C(=O)C1=CC=CC[N-]1.[Ni+2]. The molecule has 1 N–H and O–H groups in total. The van der Waals surface area contributed by atoms with Gasteiger partial charge in [-0.15, -0.1) is 24.4 Å². The molecule has 2 unspecified atom stereocenters. The first-order valence-electron chi connectivity index (χ1n) is 10.2. The predicted molar refractivity (Wildman–Crippen MR) is 106 cm³/mol. The molecule has 3 aliphatic rings. The number of carbonyl (C=O) groups is 2. The molecule has 2 fully saturated rings. The van der Waals surface area contributed by atoms with E-state index >= 15 is 0 Å². The van der Waals surface area contributed by atoms with Crippen molar-refractivity contribution in [1.29, 1.82) is 0 Å². The first-order valence-corrected chi connectivity index (χ1v) is 10.2. The van der Waals surface area contributed by atoms with Crippen molar-refractivity contribution < 1.29 is 31.2 Å². The Kier molecular flexibility index (Phi) is 9.23. The molecule has 0 radical (unpaired) electrons. The zero-order valence-corrected chi connectivity index (χ0v) is 17.2. The van der Waals surface area contributed by atoms with E-state index in [4.69, 9.17) is 5.11 Å². The number of amides is 1. The van der Waals surface area contributed by atoms with Gasteiger partial charge >= 0.3 is 22.5 Å². The molecule has 0 spiro atoms. The molecule has 156 valence electrons. The first-order chi connectivity index (χ1) is 13.1. The van der Waals surface area contributed by atoms with E-state index in [2.05, 4.69) is 15.6 Å². The predicted octanol–water partition coefficient (Wildman–Crippen LogP) is 4.38. The average molecular weight is 430 g/mol. The summed E-state index contributed by atoms with van der Waals surface area (Å²) in [7, 11) is 0. The Bertz CT molecular complexity index is 639. The number of nitrogens with zero attached hydrogens (tertiary/aromatic N) is 3. The van der Waals surface area contributed by atoms with Crippen LogP contribution in [0.5, 0.6) is 0 Å². The van der Waals surface area contributed by atoms with Crippen molar-refractivity contribution in [2.75, 3.05) is 13.1 Å². The van der Waals surface area contributed by atoms with Gasteiger partial charge in [-0.1, -0.05) is 50.7 Å². The van der Waals surface area contributed by atoms with Gasteiger partial charge in [-0.3, -0.25) is 9.79 Å². The molecule has 7 heteroatoms. The molecule has 0 bridgehead atoms. The van der Waals surface area contributed by atoms with E-state index in [9.17, 15) is 9.59 Å². The molecule has 3 rings (SSSR count). The molecule has 6 nitrogen and oxygen atoms in total.